The summed E-state index contributed by atoms with van der Waals surface area (Å²) in [6.07, 6.45) is 0. The van der Waals surface area contributed by atoms with Crippen LogP contribution in [0.4, 0.5) is 22.7 Å². The van der Waals surface area contributed by atoms with Crippen molar-refractivity contribution in [2.45, 2.75) is 18.7 Å². The van der Waals surface area contributed by atoms with Crippen molar-refractivity contribution in [3.05, 3.63) is 96.1 Å². The minimum absolute atomic E-state index is 0. The molecule has 5 aromatic rings. The van der Waals surface area contributed by atoms with Crippen molar-refractivity contribution in [3.8, 4) is 5.75 Å². The Bertz CT molecular complexity index is 1660. The van der Waals surface area contributed by atoms with Crippen LogP contribution in [0.5, 0.6) is 5.75 Å². The summed E-state index contributed by atoms with van der Waals surface area (Å²) < 4.78 is 4.64. The van der Waals surface area contributed by atoms with Gasteiger partial charge in [0.05, 0.1) is 28.3 Å². The van der Waals surface area contributed by atoms with E-state index >= 15 is 0 Å². The Hall–Kier alpha value is -3.05. The fourth-order valence-electron chi connectivity index (χ4n) is 3.91. The van der Waals surface area contributed by atoms with Gasteiger partial charge in [0.2, 0.25) is 0 Å². The number of fused-ring (bicyclic) bond motifs is 2. The van der Waals surface area contributed by atoms with Crippen molar-refractivity contribution in [2.75, 3.05) is 0 Å². The maximum absolute atomic E-state index is 11.1. The van der Waals surface area contributed by atoms with E-state index in [4.69, 9.17) is 5.26 Å². The quantitative estimate of drug-likeness (QED) is 0.0638. The summed E-state index contributed by atoms with van der Waals surface area (Å²) in [5, 5.41) is 44.1. The van der Waals surface area contributed by atoms with Gasteiger partial charge < -0.3 is 5.11 Å². The monoisotopic (exact) mass is 598 g/mol. The standard InChI is InChI=1S/C28H21N4O4S.Y/c1-17-8-10-19-16-26(37-36-35-34)27(28(33)22(19)14-17)32-31-25-13-12-24(21-11-9-18(2)15-23(21)25)30-29-20-6-4-3-5-7-20;/h3-8,10-16,33-34H,1-2H3;/q-1;. The van der Waals surface area contributed by atoms with Crippen LogP contribution in [0.1, 0.15) is 11.1 Å². The van der Waals surface area contributed by atoms with Crippen LogP contribution >= 0.6 is 12.0 Å². The van der Waals surface area contributed by atoms with E-state index < -0.39 is 0 Å². The fraction of sp³-hybridized carbons (Fsp3) is 0.0714. The normalized spacial score (nSPS) is 11.6. The van der Waals surface area contributed by atoms with Gasteiger partial charge in [-0.15, -0.1) is 9.45 Å². The van der Waals surface area contributed by atoms with Crippen LogP contribution < -0.4 is 0 Å². The predicted octanol–water partition coefficient (Wildman–Crippen LogP) is 9.37. The van der Waals surface area contributed by atoms with Crippen molar-refractivity contribution >= 4 is 56.3 Å². The predicted molar refractivity (Wildman–Crippen MR) is 143 cm³/mol. The summed E-state index contributed by atoms with van der Waals surface area (Å²) in [6.45, 7) is 3.88. The number of phenolic OH excluding ortho intramolecular Hbond substituents is 1. The molecule has 1 radical (unpaired) electrons. The number of rotatable bonds is 7. The first kappa shape index (κ1) is 28.0. The molecular weight excluding hydrogens is 577 g/mol. The molecule has 0 saturated heterocycles. The van der Waals surface area contributed by atoms with Gasteiger partial charge >= 0.3 is 0 Å². The number of azo groups is 2. The SMILES string of the molecule is Cc1[c-]cc2c(N=Nc3ccccc3)ccc(N=Nc3c(SOOO)cc4ccc(C)cc4c3O)c2c1.[Y]. The molecule has 0 spiro atoms. The smallest absolute Gasteiger partial charge is 0.152 e. The third-order valence-corrected chi connectivity index (χ3v) is 6.32. The molecule has 0 heterocycles. The molecule has 0 bridgehead atoms. The van der Waals surface area contributed by atoms with Gasteiger partial charge in [0.25, 0.3) is 0 Å². The first-order valence-electron chi connectivity index (χ1n) is 11.3. The molecule has 0 aliphatic carbocycles. The average molecular weight is 598 g/mol. The van der Waals surface area contributed by atoms with Crippen molar-refractivity contribution in [3.63, 3.8) is 0 Å². The Balaban J connectivity index is 0.00000336. The van der Waals surface area contributed by atoms with Crippen molar-refractivity contribution in [2.24, 2.45) is 20.5 Å². The van der Waals surface area contributed by atoms with Crippen LogP contribution in [0, 0.1) is 19.9 Å². The van der Waals surface area contributed by atoms with Gasteiger partial charge in [-0.1, -0.05) is 58.6 Å². The Morgan fingerprint density at radius 3 is 2.29 bits per heavy atom. The number of hydrogen-bond donors (Lipinski definition) is 2. The Morgan fingerprint density at radius 2 is 1.53 bits per heavy atom. The summed E-state index contributed by atoms with van der Waals surface area (Å²) >= 11 is 0.710. The summed E-state index contributed by atoms with van der Waals surface area (Å²) in [4.78, 5) is 0.411. The second kappa shape index (κ2) is 12.7. The van der Waals surface area contributed by atoms with E-state index in [1.807, 2.05) is 80.6 Å². The van der Waals surface area contributed by atoms with Crippen LogP contribution in [-0.2, 0) is 42.1 Å². The van der Waals surface area contributed by atoms with Gasteiger partial charge in [-0.2, -0.15) is 39.1 Å². The van der Waals surface area contributed by atoms with E-state index in [-0.39, 0.29) is 44.1 Å². The van der Waals surface area contributed by atoms with Crippen LogP contribution in [0.15, 0.2) is 104 Å². The van der Waals surface area contributed by atoms with Crippen molar-refractivity contribution in [1.29, 1.82) is 0 Å². The maximum atomic E-state index is 11.1. The number of nitrogens with zero attached hydrogens (tertiary/aromatic N) is 4. The third-order valence-electron chi connectivity index (χ3n) is 5.70. The van der Waals surface area contributed by atoms with E-state index in [9.17, 15) is 5.11 Å². The molecule has 0 aliphatic rings. The second-order valence-corrected chi connectivity index (χ2v) is 9.05. The second-order valence-electron chi connectivity index (χ2n) is 8.31. The van der Waals surface area contributed by atoms with E-state index in [0.717, 1.165) is 33.0 Å². The van der Waals surface area contributed by atoms with E-state index in [2.05, 4.69) is 35.9 Å². The van der Waals surface area contributed by atoms with Crippen LogP contribution in [-0.4, -0.2) is 10.4 Å². The average Bonchev–Trinajstić information content (AvgIpc) is 2.91. The maximum Gasteiger partial charge on any atom is 0.152 e. The number of aromatic hydroxyl groups is 1. The molecule has 0 aliphatic heterocycles. The number of benzene rings is 5. The Morgan fingerprint density at radius 1 is 0.789 bits per heavy atom. The van der Waals surface area contributed by atoms with E-state index in [1.165, 1.54) is 0 Å². The van der Waals surface area contributed by atoms with Crippen LogP contribution in [0.2, 0.25) is 0 Å². The minimum Gasteiger partial charge on any atom is -0.505 e. The molecule has 2 N–H and O–H groups in total. The summed E-state index contributed by atoms with van der Waals surface area (Å²) in [7, 11) is 0. The van der Waals surface area contributed by atoms with Gasteiger partial charge in [-0.05, 0) is 48.7 Å². The van der Waals surface area contributed by atoms with Gasteiger partial charge in [0.1, 0.15) is 5.69 Å². The zero-order valence-corrected chi connectivity index (χ0v) is 24.1. The topological polar surface area (TPSA) is 108 Å². The summed E-state index contributed by atoms with van der Waals surface area (Å²) in [5.74, 6) is -0.0592. The Labute approximate surface area is 248 Å². The molecule has 0 aromatic heterocycles. The van der Waals surface area contributed by atoms with Gasteiger partial charge in [0.15, 0.2) is 5.75 Å². The first-order valence-corrected chi connectivity index (χ1v) is 12.0. The molecule has 0 amide bonds. The van der Waals surface area contributed by atoms with Crippen molar-refractivity contribution in [1.82, 2.24) is 0 Å². The van der Waals surface area contributed by atoms with E-state index in [1.54, 1.807) is 12.1 Å². The third kappa shape index (κ3) is 6.15. The molecule has 38 heavy (non-hydrogen) atoms. The van der Waals surface area contributed by atoms with Gasteiger partial charge in [-0.25, -0.2) is 5.26 Å². The molecule has 0 saturated carbocycles. The van der Waals surface area contributed by atoms with Gasteiger partial charge in [-0.3, -0.25) is 0 Å². The molecule has 8 nitrogen and oxygen atoms in total. The van der Waals surface area contributed by atoms with Crippen molar-refractivity contribution < 1.29 is 52.4 Å². The van der Waals surface area contributed by atoms with Gasteiger partial charge in [0, 0.05) is 43.8 Å². The molecule has 0 unspecified atom stereocenters. The molecule has 0 atom stereocenters. The number of phenols is 1. The van der Waals surface area contributed by atoms with Crippen LogP contribution in [0.25, 0.3) is 21.5 Å². The number of aryl methyl sites for hydroxylation is 2. The molecule has 10 heteroatoms. The molecular formula is C28H21N4O4SY-. The zero-order chi connectivity index (χ0) is 25.8. The first-order chi connectivity index (χ1) is 18.0. The van der Waals surface area contributed by atoms with Crippen LogP contribution in [0.3, 0.4) is 0 Å². The minimum atomic E-state index is -0.0592. The summed E-state index contributed by atoms with van der Waals surface area (Å²) in [6, 6.07) is 27.6. The molecule has 187 valence electrons. The molecule has 0 fully saturated rings. The zero-order valence-electron chi connectivity index (χ0n) is 20.5. The summed E-state index contributed by atoms with van der Waals surface area (Å²) in [5.41, 5.74) is 4.08. The Kier molecular flexibility index (Phi) is 9.32. The molecule has 5 rings (SSSR count). The molecule has 5 aromatic carbocycles. The number of hydrogen-bond acceptors (Lipinski definition) is 9. The fourth-order valence-corrected chi connectivity index (χ4v) is 4.41. The van der Waals surface area contributed by atoms with E-state index in [0.29, 0.717) is 33.7 Å². The largest absolute Gasteiger partial charge is 0.505 e.